The Hall–Kier alpha value is -1.06. The number of carbonyl (C=O) groups is 1. The third-order valence-electron chi connectivity index (χ3n) is 2.04. The molecule has 1 aliphatic carbocycles. The Morgan fingerprint density at radius 2 is 2.09 bits per heavy atom. The van der Waals surface area contributed by atoms with Crippen molar-refractivity contribution in [2.24, 2.45) is 5.16 Å². The van der Waals surface area contributed by atoms with E-state index in [-0.39, 0.29) is 0 Å². The van der Waals surface area contributed by atoms with Gasteiger partial charge in [-0.2, -0.15) is 0 Å². The summed E-state index contributed by atoms with van der Waals surface area (Å²) in [7, 11) is 0. The van der Waals surface area contributed by atoms with Crippen LogP contribution in [-0.2, 0) is 9.63 Å². The zero-order chi connectivity index (χ0) is 8.32. The van der Waals surface area contributed by atoms with Crippen LogP contribution in [0, 0.1) is 0 Å². The fourth-order valence-electron chi connectivity index (χ4n) is 1.41. The molecular weight excluding hydrogens is 146 g/mol. The van der Waals surface area contributed by atoms with Crippen molar-refractivity contribution in [2.75, 3.05) is 0 Å². The van der Waals surface area contributed by atoms with Gasteiger partial charge in [0, 0.05) is 19.6 Å². The number of hydrogen-bond donors (Lipinski definition) is 1. The lowest BCUT2D eigenvalue weighted by atomic mass is 10.0. The Morgan fingerprint density at radius 1 is 1.55 bits per heavy atom. The van der Waals surface area contributed by atoms with Crippen molar-refractivity contribution >= 4 is 12.7 Å². The summed E-state index contributed by atoms with van der Waals surface area (Å²) in [5.74, 6) is -0.928. The van der Waals surface area contributed by atoms with Crippen LogP contribution in [0.3, 0.4) is 0 Å². The normalized spacial score (nSPS) is 21.1. The standard InChI is InChI=1S/C7H11NO3/c1-8-11-7(6(9)10)4-2-3-5-7/h1-5H2,(H,9,10). The molecule has 0 unspecified atom stereocenters. The number of aliphatic carboxylic acids is 1. The summed E-state index contributed by atoms with van der Waals surface area (Å²) in [4.78, 5) is 15.5. The van der Waals surface area contributed by atoms with Gasteiger partial charge in [-0.15, -0.1) is 5.16 Å². The Kier molecular flexibility index (Phi) is 2.12. The van der Waals surface area contributed by atoms with Crippen LogP contribution >= 0.6 is 0 Å². The second kappa shape index (κ2) is 2.90. The first-order chi connectivity index (χ1) is 5.21. The first kappa shape index (κ1) is 8.04. The minimum atomic E-state index is -1.07. The topological polar surface area (TPSA) is 58.9 Å². The van der Waals surface area contributed by atoms with Gasteiger partial charge in [0.05, 0.1) is 0 Å². The Bertz CT molecular complexity index is 173. The molecule has 0 aliphatic heterocycles. The van der Waals surface area contributed by atoms with Crippen LogP contribution < -0.4 is 0 Å². The number of carboxylic acid groups (broad SMARTS) is 1. The lowest BCUT2D eigenvalue weighted by Crippen LogP contribution is -2.36. The summed E-state index contributed by atoms with van der Waals surface area (Å²) in [6, 6.07) is 0. The highest BCUT2D eigenvalue weighted by atomic mass is 16.7. The Labute approximate surface area is 64.8 Å². The largest absolute Gasteiger partial charge is 0.478 e. The van der Waals surface area contributed by atoms with Crippen molar-refractivity contribution in [1.82, 2.24) is 0 Å². The maximum atomic E-state index is 10.7. The van der Waals surface area contributed by atoms with E-state index in [2.05, 4.69) is 11.9 Å². The smallest absolute Gasteiger partial charge is 0.350 e. The molecule has 0 aromatic heterocycles. The van der Waals surface area contributed by atoms with E-state index in [1.54, 1.807) is 0 Å². The van der Waals surface area contributed by atoms with Gasteiger partial charge in [-0.1, -0.05) is 0 Å². The highest BCUT2D eigenvalue weighted by molar-refractivity contribution is 5.77. The molecule has 0 heterocycles. The van der Waals surface area contributed by atoms with Crippen molar-refractivity contribution in [1.29, 1.82) is 0 Å². The molecule has 0 radical (unpaired) electrons. The number of hydrogen-bond acceptors (Lipinski definition) is 3. The van der Waals surface area contributed by atoms with Gasteiger partial charge in [0.2, 0.25) is 5.60 Å². The average Bonchev–Trinajstić information content (AvgIpc) is 2.38. The van der Waals surface area contributed by atoms with E-state index < -0.39 is 11.6 Å². The van der Waals surface area contributed by atoms with E-state index in [0.29, 0.717) is 12.8 Å². The average molecular weight is 157 g/mol. The van der Waals surface area contributed by atoms with Gasteiger partial charge >= 0.3 is 5.97 Å². The molecule has 1 N–H and O–H groups in total. The van der Waals surface area contributed by atoms with Gasteiger partial charge in [-0.05, 0) is 12.8 Å². The summed E-state index contributed by atoms with van der Waals surface area (Å²) in [5.41, 5.74) is -1.07. The number of carboxylic acids is 1. The molecule has 0 atom stereocenters. The minimum absolute atomic E-state index is 0.543. The third kappa shape index (κ3) is 1.34. The van der Waals surface area contributed by atoms with Crippen molar-refractivity contribution in [3.05, 3.63) is 0 Å². The summed E-state index contributed by atoms with van der Waals surface area (Å²) < 4.78 is 0. The maximum absolute atomic E-state index is 10.7. The number of nitrogens with zero attached hydrogens (tertiary/aromatic N) is 1. The molecule has 0 bridgehead atoms. The van der Waals surface area contributed by atoms with Crippen LogP contribution in [0.4, 0.5) is 0 Å². The molecule has 62 valence electrons. The molecule has 0 spiro atoms. The monoisotopic (exact) mass is 157 g/mol. The van der Waals surface area contributed by atoms with Crippen LogP contribution in [-0.4, -0.2) is 23.4 Å². The van der Waals surface area contributed by atoms with E-state index in [1.165, 1.54) is 0 Å². The van der Waals surface area contributed by atoms with E-state index in [1.807, 2.05) is 0 Å². The summed E-state index contributed by atoms with van der Waals surface area (Å²) in [6.07, 6.45) is 2.87. The van der Waals surface area contributed by atoms with Crippen molar-refractivity contribution in [3.8, 4) is 0 Å². The van der Waals surface area contributed by atoms with Gasteiger partial charge in [0.15, 0.2) is 0 Å². The first-order valence-corrected chi connectivity index (χ1v) is 3.59. The summed E-state index contributed by atoms with van der Waals surface area (Å²) >= 11 is 0. The predicted molar refractivity (Wildman–Crippen MR) is 39.5 cm³/mol. The molecule has 11 heavy (non-hydrogen) atoms. The van der Waals surface area contributed by atoms with Gasteiger partial charge < -0.3 is 9.94 Å². The highest BCUT2D eigenvalue weighted by Gasteiger charge is 2.44. The van der Waals surface area contributed by atoms with Gasteiger partial charge in [0.25, 0.3) is 0 Å². The molecule has 0 saturated heterocycles. The van der Waals surface area contributed by atoms with Crippen LogP contribution in [0.15, 0.2) is 5.16 Å². The fraction of sp³-hybridized carbons (Fsp3) is 0.714. The quantitative estimate of drug-likeness (QED) is 0.491. The van der Waals surface area contributed by atoms with Crippen LogP contribution in [0.2, 0.25) is 0 Å². The van der Waals surface area contributed by atoms with E-state index in [0.717, 1.165) is 12.8 Å². The molecule has 1 fully saturated rings. The summed E-state index contributed by atoms with van der Waals surface area (Å²) in [6.45, 7) is 3.12. The molecule has 1 aliphatic rings. The molecular formula is C7H11NO3. The van der Waals surface area contributed by atoms with Crippen LogP contribution in [0.25, 0.3) is 0 Å². The lowest BCUT2D eigenvalue weighted by molar-refractivity contribution is -0.165. The highest BCUT2D eigenvalue weighted by Crippen LogP contribution is 2.33. The van der Waals surface area contributed by atoms with Crippen LogP contribution in [0.1, 0.15) is 25.7 Å². The molecule has 1 saturated carbocycles. The van der Waals surface area contributed by atoms with Gasteiger partial charge in [0.1, 0.15) is 0 Å². The molecule has 0 aromatic rings. The third-order valence-corrected chi connectivity index (χ3v) is 2.04. The number of rotatable bonds is 3. The number of oxime groups is 1. The second-order valence-electron chi connectivity index (χ2n) is 2.73. The van der Waals surface area contributed by atoms with Crippen molar-refractivity contribution < 1.29 is 14.7 Å². The zero-order valence-corrected chi connectivity index (χ0v) is 6.25. The Morgan fingerprint density at radius 3 is 2.45 bits per heavy atom. The maximum Gasteiger partial charge on any atom is 0.350 e. The molecule has 1 rings (SSSR count). The zero-order valence-electron chi connectivity index (χ0n) is 6.25. The minimum Gasteiger partial charge on any atom is -0.478 e. The fourth-order valence-corrected chi connectivity index (χ4v) is 1.41. The van der Waals surface area contributed by atoms with Gasteiger partial charge in [-0.25, -0.2) is 4.79 Å². The van der Waals surface area contributed by atoms with E-state index >= 15 is 0 Å². The molecule has 4 nitrogen and oxygen atoms in total. The second-order valence-corrected chi connectivity index (χ2v) is 2.73. The summed E-state index contributed by atoms with van der Waals surface area (Å²) in [5, 5.41) is 12.0. The first-order valence-electron chi connectivity index (χ1n) is 3.59. The molecule has 4 heteroatoms. The molecule has 0 amide bonds. The predicted octanol–water partition coefficient (Wildman–Crippen LogP) is 1.02. The van der Waals surface area contributed by atoms with E-state index in [9.17, 15) is 4.79 Å². The van der Waals surface area contributed by atoms with Gasteiger partial charge in [-0.3, -0.25) is 0 Å². The van der Waals surface area contributed by atoms with Crippen molar-refractivity contribution in [2.45, 2.75) is 31.3 Å². The molecule has 0 aromatic carbocycles. The van der Waals surface area contributed by atoms with Crippen LogP contribution in [0.5, 0.6) is 0 Å². The Balaban J connectivity index is 2.69. The van der Waals surface area contributed by atoms with E-state index in [4.69, 9.17) is 9.94 Å². The van der Waals surface area contributed by atoms with Crippen molar-refractivity contribution in [3.63, 3.8) is 0 Å². The SMILES string of the molecule is C=NOC1(C(=O)O)CCCC1. The lowest BCUT2D eigenvalue weighted by Gasteiger charge is -2.19.